The maximum Gasteiger partial charge on any atom is 0.289 e. The Morgan fingerprint density at radius 3 is 2.62 bits per heavy atom. The topological polar surface area (TPSA) is 79.5 Å². The molecule has 2 amide bonds. The molecule has 9 heteroatoms. The standard InChI is InChI=1S/C23H22N4O3S2/c1-14-15(2)32-22-20(14)21(24-13-25-22)31-12-19(28)26-7-9-27(10-8-26)23(29)18-11-16-5-3-4-6-17(16)30-18/h3-6,11,13H,7-10,12H2,1-2H3. The number of amides is 2. The fourth-order valence-electron chi connectivity index (χ4n) is 3.88. The van der Waals surface area contributed by atoms with Crippen molar-refractivity contribution in [1.29, 1.82) is 0 Å². The Bertz CT molecular complexity index is 1290. The van der Waals surface area contributed by atoms with E-state index >= 15 is 0 Å². The summed E-state index contributed by atoms with van der Waals surface area (Å²) in [5, 5.41) is 2.81. The van der Waals surface area contributed by atoms with Gasteiger partial charge in [0, 0.05) is 41.8 Å². The smallest absolute Gasteiger partial charge is 0.289 e. The fraction of sp³-hybridized carbons (Fsp3) is 0.304. The first-order chi connectivity index (χ1) is 15.5. The van der Waals surface area contributed by atoms with Gasteiger partial charge in [-0.1, -0.05) is 30.0 Å². The van der Waals surface area contributed by atoms with Gasteiger partial charge < -0.3 is 14.2 Å². The van der Waals surface area contributed by atoms with E-state index in [1.807, 2.05) is 29.2 Å². The summed E-state index contributed by atoms with van der Waals surface area (Å²) in [5.74, 6) is 0.588. The van der Waals surface area contributed by atoms with Crippen LogP contribution in [0.1, 0.15) is 21.0 Å². The predicted molar refractivity (Wildman–Crippen MR) is 126 cm³/mol. The SMILES string of the molecule is Cc1sc2ncnc(SCC(=O)N3CCN(C(=O)c4cc5ccccc5o4)CC3)c2c1C. The molecule has 0 N–H and O–H groups in total. The first-order valence-corrected chi connectivity index (χ1v) is 12.2. The number of furan rings is 1. The summed E-state index contributed by atoms with van der Waals surface area (Å²) >= 11 is 3.11. The van der Waals surface area contributed by atoms with Crippen molar-refractivity contribution in [3.63, 3.8) is 0 Å². The number of nitrogens with zero attached hydrogens (tertiary/aromatic N) is 4. The van der Waals surface area contributed by atoms with Crippen molar-refractivity contribution in [1.82, 2.24) is 19.8 Å². The summed E-state index contributed by atoms with van der Waals surface area (Å²) in [5.41, 5.74) is 1.88. The van der Waals surface area contributed by atoms with Gasteiger partial charge in [-0.2, -0.15) is 0 Å². The predicted octanol–water partition coefficient (Wildman–Crippen LogP) is 4.13. The van der Waals surface area contributed by atoms with Gasteiger partial charge >= 0.3 is 0 Å². The van der Waals surface area contributed by atoms with E-state index in [1.54, 1.807) is 28.6 Å². The first-order valence-electron chi connectivity index (χ1n) is 10.4. The molecule has 1 fully saturated rings. The number of thiophene rings is 1. The molecule has 0 spiro atoms. The van der Waals surface area contributed by atoms with Gasteiger partial charge in [0.25, 0.3) is 5.91 Å². The third-order valence-corrected chi connectivity index (χ3v) is 7.91. The van der Waals surface area contributed by atoms with E-state index in [0.29, 0.717) is 43.3 Å². The molecule has 4 aromatic rings. The van der Waals surface area contributed by atoms with E-state index in [0.717, 1.165) is 20.6 Å². The van der Waals surface area contributed by atoms with Crippen LogP contribution in [0.15, 0.2) is 46.1 Å². The van der Waals surface area contributed by atoms with Crippen LogP contribution in [0.25, 0.3) is 21.2 Å². The number of aromatic nitrogens is 2. The Hall–Kier alpha value is -2.91. The van der Waals surface area contributed by atoms with Crippen LogP contribution in [0, 0.1) is 13.8 Å². The third-order valence-electron chi connectivity index (χ3n) is 5.82. The summed E-state index contributed by atoms with van der Waals surface area (Å²) in [6, 6.07) is 9.36. The number of hydrogen-bond acceptors (Lipinski definition) is 7. The molecule has 5 rings (SSSR count). The molecule has 1 aliphatic heterocycles. The lowest BCUT2D eigenvalue weighted by molar-refractivity contribution is -0.129. The van der Waals surface area contributed by atoms with Crippen molar-refractivity contribution in [2.45, 2.75) is 18.9 Å². The maximum atomic E-state index is 12.8. The molecule has 7 nitrogen and oxygen atoms in total. The van der Waals surface area contributed by atoms with Crippen molar-refractivity contribution in [2.75, 3.05) is 31.9 Å². The van der Waals surface area contributed by atoms with Crippen molar-refractivity contribution in [3.8, 4) is 0 Å². The number of thioether (sulfide) groups is 1. The lowest BCUT2D eigenvalue weighted by Gasteiger charge is -2.34. The highest BCUT2D eigenvalue weighted by Crippen LogP contribution is 2.34. The average Bonchev–Trinajstić information content (AvgIpc) is 3.38. The summed E-state index contributed by atoms with van der Waals surface area (Å²) in [4.78, 5) is 40.1. The Balaban J connectivity index is 1.19. The molecule has 0 saturated carbocycles. The number of aryl methyl sites for hydroxylation is 2. The molecule has 164 valence electrons. The Morgan fingerprint density at radius 2 is 1.84 bits per heavy atom. The van der Waals surface area contributed by atoms with E-state index < -0.39 is 0 Å². The van der Waals surface area contributed by atoms with E-state index in [1.165, 1.54) is 22.2 Å². The number of fused-ring (bicyclic) bond motifs is 2. The summed E-state index contributed by atoms with van der Waals surface area (Å²) in [6.07, 6.45) is 1.56. The highest BCUT2D eigenvalue weighted by molar-refractivity contribution is 8.00. The highest BCUT2D eigenvalue weighted by Gasteiger charge is 2.27. The second-order valence-corrected chi connectivity index (χ2v) is 9.92. The number of para-hydroxylation sites is 1. The van der Waals surface area contributed by atoms with E-state index in [4.69, 9.17) is 4.42 Å². The minimum Gasteiger partial charge on any atom is -0.451 e. The molecule has 0 radical (unpaired) electrons. The minimum atomic E-state index is -0.130. The monoisotopic (exact) mass is 466 g/mol. The van der Waals surface area contributed by atoms with Gasteiger partial charge in [-0.3, -0.25) is 9.59 Å². The van der Waals surface area contributed by atoms with Crippen LogP contribution in [0.2, 0.25) is 0 Å². The fourth-order valence-corrected chi connectivity index (χ4v) is 5.90. The van der Waals surface area contributed by atoms with E-state index in [-0.39, 0.29) is 11.8 Å². The highest BCUT2D eigenvalue weighted by atomic mass is 32.2. The zero-order valence-corrected chi connectivity index (χ0v) is 19.5. The second kappa shape index (κ2) is 8.55. The van der Waals surface area contributed by atoms with Gasteiger partial charge in [-0.15, -0.1) is 11.3 Å². The van der Waals surface area contributed by atoms with Crippen LogP contribution in [0.4, 0.5) is 0 Å². The molecular weight excluding hydrogens is 444 g/mol. The van der Waals surface area contributed by atoms with Gasteiger partial charge in [0.05, 0.1) is 5.75 Å². The lowest BCUT2D eigenvalue weighted by atomic mass is 10.2. The molecule has 0 aliphatic carbocycles. The Morgan fingerprint density at radius 1 is 1.09 bits per heavy atom. The number of piperazine rings is 1. The molecule has 1 saturated heterocycles. The normalized spacial score (nSPS) is 14.4. The van der Waals surface area contributed by atoms with Crippen molar-refractivity contribution >= 4 is 56.1 Å². The van der Waals surface area contributed by atoms with Crippen LogP contribution in [-0.2, 0) is 4.79 Å². The van der Waals surface area contributed by atoms with Crippen LogP contribution in [0.5, 0.6) is 0 Å². The van der Waals surface area contributed by atoms with Gasteiger partial charge in [0.2, 0.25) is 5.91 Å². The second-order valence-electron chi connectivity index (χ2n) is 7.75. The van der Waals surface area contributed by atoms with Crippen molar-refractivity contribution < 1.29 is 14.0 Å². The van der Waals surface area contributed by atoms with E-state index in [9.17, 15) is 9.59 Å². The van der Waals surface area contributed by atoms with Crippen molar-refractivity contribution in [2.24, 2.45) is 0 Å². The van der Waals surface area contributed by atoms with Gasteiger partial charge in [-0.25, -0.2) is 9.97 Å². The summed E-state index contributed by atoms with van der Waals surface area (Å²) < 4.78 is 5.71. The molecule has 0 bridgehead atoms. The van der Waals surface area contributed by atoms with Crippen molar-refractivity contribution in [3.05, 3.63) is 52.9 Å². The molecular formula is C23H22N4O3S2. The molecule has 4 heterocycles. The lowest BCUT2D eigenvalue weighted by Crippen LogP contribution is -2.51. The molecule has 3 aromatic heterocycles. The summed E-state index contributed by atoms with van der Waals surface area (Å²) in [6.45, 7) is 6.16. The minimum absolute atomic E-state index is 0.0576. The maximum absolute atomic E-state index is 12.8. The molecule has 0 atom stereocenters. The Kier molecular flexibility index (Phi) is 5.60. The van der Waals surface area contributed by atoms with Gasteiger partial charge in [-0.05, 0) is 31.5 Å². The zero-order valence-electron chi connectivity index (χ0n) is 17.8. The molecule has 1 aliphatic rings. The first kappa shape index (κ1) is 21.0. The number of rotatable bonds is 4. The average molecular weight is 467 g/mol. The van der Waals surface area contributed by atoms with Crippen LogP contribution in [-0.4, -0.2) is 63.5 Å². The Labute approximate surface area is 193 Å². The van der Waals surface area contributed by atoms with E-state index in [2.05, 4.69) is 23.8 Å². The largest absolute Gasteiger partial charge is 0.451 e. The number of carbonyl (C=O) groups is 2. The van der Waals surface area contributed by atoms with Gasteiger partial charge in [0.15, 0.2) is 5.76 Å². The number of hydrogen-bond donors (Lipinski definition) is 0. The zero-order chi connectivity index (χ0) is 22.2. The number of benzene rings is 1. The molecule has 0 unspecified atom stereocenters. The van der Waals surface area contributed by atoms with Crippen LogP contribution >= 0.6 is 23.1 Å². The quantitative estimate of drug-likeness (QED) is 0.332. The van der Waals surface area contributed by atoms with Gasteiger partial charge in [0.1, 0.15) is 21.8 Å². The third kappa shape index (κ3) is 3.86. The number of carbonyl (C=O) groups excluding carboxylic acids is 2. The van der Waals surface area contributed by atoms with Crippen LogP contribution in [0.3, 0.4) is 0 Å². The molecule has 32 heavy (non-hydrogen) atoms. The van der Waals surface area contributed by atoms with Crippen LogP contribution < -0.4 is 0 Å². The molecule has 1 aromatic carbocycles. The summed E-state index contributed by atoms with van der Waals surface area (Å²) in [7, 11) is 0.